The Bertz CT molecular complexity index is 157. The Balaban J connectivity index is 3.69. The second-order valence-corrected chi connectivity index (χ2v) is 4.19. The zero-order valence-corrected chi connectivity index (χ0v) is 9.68. The normalized spacial score (nSPS) is 12.9. The van der Waals surface area contributed by atoms with Crippen molar-refractivity contribution in [2.24, 2.45) is 17.6 Å². The molecule has 0 radical (unpaired) electrons. The van der Waals surface area contributed by atoms with Gasteiger partial charge in [-0.1, -0.05) is 27.2 Å². The van der Waals surface area contributed by atoms with Crippen LogP contribution in [0, 0.1) is 11.8 Å². The van der Waals surface area contributed by atoms with Gasteiger partial charge in [-0.15, -0.1) is 0 Å². The lowest BCUT2D eigenvalue weighted by molar-refractivity contribution is -0.124. The maximum Gasteiger partial charge on any atom is 0.224 e. The molecule has 0 aromatic heterocycles. The van der Waals surface area contributed by atoms with Crippen molar-refractivity contribution in [1.82, 2.24) is 5.32 Å². The van der Waals surface area contributed by atoms with Gasteiger partial charge in [-0.25, -0.2) is 0 Å². The van der Waals surface area contributed by atoms with Crippen molar-refractivity contribution in [3.8, 4) is 0 Å². The number of carbonyl (C=O) groups excluding carboxylic acids is 1. The number of carbonyl (C=O) groups is 1. The van der Waals surface area contributed by atoms with E-state index in [0.717, 1.165) is 25.8 Å². The highest BCUT2D eigenvalue weighted by Gasteiger charge is 2.14. The minimum absolute atomic E-state index is 0.00663. The molecule has 3 nitrogen and oxygen atoms in total. The highest BCUT2D eigenvalue weighted by molar-refractivity contribution is 5.78. The first-order chi connectivity index (χ1) is 6.61. The van der Waals surface area contributed by atoms with Crippen molar-refractivity contribution < 1.29 is 4.79 Å². The maximum atomic E-state index is 11.6. The van der Waals surface area contributed by atoms with Crippen LogP contribution in [-0.4, -0.2) is 19.0 Å². The average molecular weight is 200 g/mol. The van der Waals surface area contributed by atoms with Gasteiger partial charge < -0.3 is 11.1 Å². The van der Waals surface area contributed by atoms with Crippen molar-refractivity contribution in [3.05, 3.63) is 0 Å². The summed E-state index contributed by atoms with van der Waals surface area (Å²) in [7, 11) is 0. The summed E-state index contributed by atoms with van der Waals surface area (Å²) in [4.78, 5) is 11.6. The Morgan fingerprint density at radius 2 is 2.00 bits per heavy atom. The fraction of sp³-hybridized carbons (Fsp3) is 0.909. The lowest BCUT2D eigenvalue weighted by Gasteiger charge is -2.14. The van der Waals surface area contributed by atoms with E-state index >= 15 is 0 Å². The van der Waals surface area contributed by atoms with Crippen LogP contribution >= 0.6 is 0 Å². The third-order valence-corrected chi connectivity index (χ3v) is 2.31. The highest BCUT2D eigenvalue weighted by Crippen LogP contribution is 2.04. The summed E-state index contributed by atoms with van der Waals surface area (Å²) < 4.78 is 0. The minimum atomic E-state index is 0.00663. The molecule has 0 rings (SSSR count). The maximum absolute atomic E-state index is 11.6. The van der Waals surface area contributed by atoms with Gasteiger partial charge in [0.05, 0.1) is 5.92 Å². The van der Waals surface area contributed by atoms with E-state index in [1.54, 1.807) is 0 Å². The Morgan fingerprint density at radius 3 is 2.43 bits per heavy atom. The van der Waals surface area contributed by atoms with E-state index in [9.17, 15) is 4.79 Å². The van der Waals surface area contributed by atoms with Gasteiger partial charge in [0.25, 0.3) is 0 Å². The zero-order chi connectivity index (χ0) is 11.0. The molecule has 0 saturated carbocycles. The lowest BCUT2D eigenvalue weighted by Crippen LogP contribution is -2.35. The minimum Gasteiger partial charge on any atom is -0.356 e. The molecule has 0 fully saturated rings. The molecule has 84 valence electrons. The molecule has 0 aliphatic carbocycles. The van der Waals surface area contributed by atoms with Gasteiger partial charge >= 0.3 is 0 Å². The van der Waals surface area contributed by atoms with Crippen LogP contribution in [0.3, 0.4) is 0 Å². The summed E-state index contributed by atoms with van der Waals surface area (Å²) in [5.74, 6) is 0.764. The van der Waals surface area contributed by atoms with Crippen LogP contribution in [-0.2, 0) is 4.79 Å². The molecule has 0 bridgehead atoms. The molecule has 0 spiro atoms. The summed E-state index contributed by atoms with van der Waals surface area (Å²) >= 11 is 0. The van der Waals surface area contributed by atoms with Crippen LogP contribution in [0.1, 0.15) is 40.0 Å². The van der Waals surface area contributed by atoms with Crippen molar-refractivity contribution >= 4 is 5.91 Å². The number of nitrogens with one attached hydrogen (secondary N) is 1. The van der Waals surface area contributed by atoms with Gasteiger partial charge in [-0.3, -0.25) is 4.79 Å². The van der Waals surface area contributed by atoms with E-state index in [4.69, 9.17) is 5.73 Å². The van der Waals surface area contributed by atoms with Crippen molar-refractivity contribution in [1.29, 1.82) is 0 Å². The lowest BCUT2D eigenvalue weighted by atomic mass is 10.0. The second kappa shape index (κ2) is 7.80. The van der Waals surface area contributed by atoms with Gasteiger partial charge in [0.2, 0.25) is 5.91 Å². The molecule has 1 atom stereocenters. The fourth-order valence-corrected chi connectivity index (χ4v) is 1.33. The first kappa shape index (κ1) is 13.4. The third-order valence-electron chi connectivity index (χ3n) is 2.31. The third kappa shape index (κ3) is 5.97. The van der Waals surface area contributed by atoms with Crippen molar-refractivity contribution in [2.75, 3.05) is 13.1 Å². The Hall–Kier alpha value is -0.570. The predicted octanol–water partition coefficient (Wildman–Crippen LogP) is 1.52. The van der Waals surface area contributed by atoms with Crippen LogP contribution in [0.4, 0.5) is 0 Å². The van der Waals surface area contributed by atoms with E-state index in [1.807, 2.05) is 0 Å². The summed E-state index contributed by atoms with van der Waals surface area (Å²) in [5.41, 5.74) is 5.53. The molecule has 3 heteroatoms. The van der Waals surface area contributed by atoms with Crippen LogP contribution in [0.2, 0.25) is 0 Å². The number of amides is 1. The molecular weight excluding hydrogens is 176 g/mol. The summed E-state index contributed by atoms with van der Waals surface area (Å²) in [5, 5.41) is 2.93. The van der Waals surface area contributed by atoms with Crippen molar-refractivity contribution in [2.45, 2.75) is 40.0 Å². The summed E-state index contributed by atoms with van der Waals surface area (Å²) in [6, 6.07) is 0. The predicted molar refractivity (Wildman–Crippen MR) is 59.9 cm³/mol. The Kier molecular flexibility index (Phi) is 7.48. The second-order valence-electron chi connectivity index (χ2n) is 4.19. The van der Waals surface area contributed by atoms with Gasteiger partial charge in [0, 0.05) is 13.1 Å². The molecule has 1 amide bonds. The molecule has 0 aromatic carbocycles. The first-order valence-electron chi connectivity index (χ1n) is 5.59. The fourth-order valence-electron chi connectivity index (χ4n) is 1.33. The molecule has 0 aliphatic rings. The molecule has 0 aromatic rings. The van der Waals surface area contributed by atoms with E-state index in [2.05, 4.69) is 26.1 Å². The van der Waals surface area contributed by atoms with Crippen LogP contribution in [0.15, 0.2) is 0 Å². The van der Waals surface area contributed by atoms with Gasteiger partial charge in [-0.05, 0) is 18.8 Å². The van der Waals surface area contributed by atoms with Crippen LogP contribution in [0.5, 0.6) is 0 Å². The van der Waals surface area contributed by atoms with Crippen LogP contribution < -0.4 is 11.1 Å². The quantitative estimate of drug-likeness (QED) is 0.654. The first-order valence-corrected chi connectivity index (χ1v) is 5.59. The molecule has 0 heterocycles. The largest absolute Gasteiger partial charge is 0.356 e. The molecular formula is C11H24N2O. The van der Waals surface area contributed by atoms with E-state index in [-0.39, 0.29) is 11.8 Å². The van der Waals surface area contributed by atoms with E-state index in [0.29, 0.717) is 12.5 Å². The molecule has 0 saturated heterocycles. The monoisotopic (exact) mass is 200 g/mol. The Labute approximate surface area is 87.4 Å². The summed E-state index contributed by atoms with van der Waals surface area (Å²) in [6.45, 7) is 7.61. The van der Waals surface area contributed by atoms with Gasteiger partial charge in [0.15, 0.2) is 0 Å². The topological polar surface area (TPSA) is 55.1 Å². The Morgan fingerprint density at radius 1 is 1.36 bits per heavy atom. The SMILES string of the molecule is CCCC(CN)C(=O)NCCC(C)C. The molecule has 1 unspecified atom stereocenters. The van der Waals surface area contributed by atoms with Crippen LogP contribution in [0.25, 0.3) is 0 Å². The average Bonchev–Trinajstić information content (AvgIpc) is 2.13. The molecule has 14 heavy (non-hydrogen) atoms. The van der Waals surface area contributed by atoms with Crippen molar-refractivity contribution in [3.63, 3.8) is 0 Å². The van der Waals surface area contributed by atoms with E-state index in [1.165, 1.54) is 0 Å². The van der Waals surface area contributed by atoms with E-state index < -0.39 is 0 Å². The van der Waals surface area contributed by atoms with Gasteiger partial charge in [-0.2, -0.15) is 0 Å². The summed E-state index contributed by atoms with van der Waals surface area (Å²) in [6.07, 6.45) is 2.94. The number of hydrogen-bond donors (Lipinski definition) is 2. The zero-order valence-electron chi connectivity index (χ0n) is 9.68. The number of hydrogen-bond acceptors (Lipinski definition) is 2. The number of nitrogens with two attached hydrogens (primary N) is 1. The highest BCUT2D eigenvalue weighted by atomic mass is 16.1. The number of rotatable bonds is 7. The van der Waals surface area contributed by atoms with Gasteiger partial charge in [0.1, 0.15) is 0 Å². The standard InChI is InChI=1S/C11H24N2O/c1-4-5-10(8-12)11(14)13-7-6-9(2)3/h9-10H,4-8,12H2,1-3H3,(H,13,14). The molecule has 3 N–H and O–H groups in total. The molecule has 0 aliphatic heterocycles. The smallest absolute Gasteiger partial charge is 0.224 e.